The molecule has 0 saturated carbocycles. The van der Waals surface area contributed by atoms with Gasteiger partial charge in [0.1, 0.15) is 17.2 Å². The van der Waals surface area contributed by atoms with Gasteiger partial charge in [0.05, 0.1) is 0 Å². The Bertz CT molecular complexity index is 1040. The summed E-state index contributed by atoms with van der Waals surface area (Å²) in [6.07, 6.45) is 1.30. The average Bonchev–Trinajstić information content (AvgIpc) is 3.33. The van der Waals surface area contributed by atoms with Crippen molar-refractivity contribution in [2.75, 3.05) is 17.4 Å². The summed E-state index contributed by atoms with van der Waals surface area (Å²) in [5.74, 6) is 0.865. The molecule has 0 radical (unpaired) electrons. The van der Waals surface area contributed by atoms with Gasteiger partial charge in [-0.25, -0.2) is 9.38 Å². The van der Waals surface area contributed by atoms with E-state index in [1.165, 1.54) is 12.1 Å². The molecule has 1 aromatic carbocycles. The summed E-state index contributed by atoms with van der Waals surface area (Å²) in [6, 6.07) is 11.5. The first-order valence-corrected chi connectivity index (χ1v) is 8.57. The van der Waals surface area contributed by atoms with Crippen LogP contribution in [0.15, 0.2) is 58.8 Å². The summed E-state index contributed by atoms with van der Waals surface area (Å²) in [4.78, 5) is 4.78. The van der Waals surface area contributed by atoms with E-state index in [4.69, 9.17) is 4.99 Å². The van der Waals surface area contributed by atoms with Crippen molar-refractivity contribution in [3.05, 3.63) is 71.4 Å². The molecule has 1 atom stereocenters. The van der Waals surface area contributed by atoms with E-state index in [1.807, 2.05) is 53.6 Å². The number of hydrogen-bond acceptors (Lipinski definition) is 7. The van der Waals surface area contributed by atoms with E-state index in [0.717, 1.165) is 11.4 Å². The van der Waals surface area contributed by atoms with E-state index in [9.17, 15) is 9.60 Å². The maximum absolute atomic E-state index is 13.3. The number of halogens is 1. The lowest BCUT2D eigenvalue weighted by atomic mass is 10.1. The maximum Gasteiger partial charge on any atom is 0.182 e. The van der Waals surface area contributed by atoms with Gasteiger partial charge < -0.3 is 5.32 Å². The minimum Gasteiger partial charge on any atom is -0.322 e. The highest BCUT2D eigenvalue weighted by Gasteiger charge is 2.30. The third kappa shape index (κ3) is 3.21. The van der Waals surface area contributed by atoms with Crippen LogP contribution in [0.5, 0.6) is 0 Å². The fourth-order valence-corrected chi connectivity index (χ4v) is 3.11. The lowest BCUT2D eigenvalue weighted by Gasteiger charge is -2.34. The monoisotopic (exact) mass is 382 g/mol. The number of H-pyrrole nitrogens is 1. The van der Waals surface area contributed by atoms with Crippen LogP contribution in [-0.2, 0) is 0 Å². The Hall–Kier alpha value is -3.66. The van der Waals surface area contributed by atoms with Gasteiger partial charge in [0, 0.05) is 30.6 Å². The number of nitrogens with zero attached hydrogens (tertiary/aromatic N) is 5. The molecule has 1 aliphatic rings. The van der Waals surface area contributed by atoms with E-state index in [2.05, 4.69) is 20.6 Å². The SMILES string of the molecule is Cc1cc(NC2=NC(/C(=N/NO)c3ccc(F)cc3)N(C)n3cccc32)n[nH]1. The second kappa shape index (κ2) is 7.16. The molecule has 10 heteroatoms. The normalized spacial score (nSPS) is 16.6. The molecule has 4 N–H and O–H groups in total. The zero-order chi connectivity index (χ0) is 19.7. The number of hydrogen-bond donors (Lipinski definition) is 4. The minimum absolute atomic E-state index is 0.357. The fraction of sp³-hybridized carbons (Fsp3) is 0.167. The molecule has 4 rings (SSSR count). The molecule has 0 saturated heterocycles. The van der Waals surface area contributed by atoms with Gasteiger partial charge in [-0.3, -0.25) is 20.0 Å². The topological polar surface area (TPSA) is 106 Å². The molecule has 1 aliphatic heterocycles. The van der Waals surface area contributed by atoms with Gasteiger partial charge in [0.2, 0.25) is 0 Å². The van der Waals surface area contributed by atoms with Crippen LogP contribution in [0.25, 0.3) is 0 Å². The Morgan fingerprint density at radius 2 is 2.07 bits per heavy atom. The van der Waals surface area contributed by atoms with Crippen molar-refractivity contribution in [3.8, 4) is 0 Å². The van der Waals surface area contributed by atoms with Crippen molar-refractivity contribution in [2.24, 2.45) is 10.1 Å². The second-order valence-electron chi connectivity index (χ2n) is 6.33. The number of anilines is 1. The Balaban J connectivity index is 1.77. The molecule has 0 aliphatic carbocycles. The lowest BCUT2D eigenvalue weighted by Crippen LogP contribution is -2.50. The number of aromatic amines is 1. The van der Waals surface area contributed by atoms with E-state index >= 15 is 0 Å². The van der Waals surface area contributed by atoms with Gasteiger partial charge in [-0.15, -0.1) is 0 Å². The van der Waals surface area contributed by atoms with Gasteiger partial charge in [-0.05, 0) is 31.2 Å². The van der Waals surface area contributed by atoms with Crippen molar-refractivity contribution in [2.45, 2.75) is 13.1 Å². The average molecular weight is 382 g/mol. The Kier molecular flexibility index (Phi) is 4.53. The van der Waals surface area contributed by atoms with Crippen LogP contribution < -0.4 is 15.9 Å². The van der Waals surface area contributed by atoms with E-state index in [-0.39, 0.29) is 5.82 Å². The number of benzene rings is 1. The molecule has 0 spiro atoms. The number of fused-ring (bicyclic) bond motifs is 1. The number of hydrazone groups is 1. The minimum atomic E-state index is -0.590. The molecule has 0 amide bonds. The first-order chi connectivity index (χ1) is 13.6. The molecule has 3 heterocycles. The fourth-order valence-electron chi connectivity index (χ4n) is 3.11. The number of likely N-dealkylation sites (N-methyl/N-ethyl adjacent to an activating group) is 1. The zero-order valence-electron chi connectivity index (χ0n) is 15.3. The van der Waals surface area contributed by atoms with Crippen molar-refractivity contribution < 1.29 is 9.60 Å². The molecular weight excluding hydrogens is 363 g/mol. The first-order valence-electron chi connectivity index (χ1n) is 8.57. The molecule has 144 valence electrons. The summed E-state index contributed by atoms with van der Waals surface area (Å²) < 4.78 is 15.3. The molecular formula is C18H19FN8O. The quantitative estimate of drug-likeness (QED) is 0.407. The van der Waals surface area contributed by atoms with Gasteiger partial charge in [-0.1, -0.05) is 12.1 Å². The highest BCUT2D eigenvalue weighted by molar-refractivity contribution is 6.12. The van der Waals surface area contributed by atoms with E-state index < -0.39 is 6.17 Å². The summed E-state index contributed by atoms with van der Waals surface area (Å²) in [6.45, 7) is 1.91. The van der Waals surface area contributed by atoms with Crippen LogP contribution in [0.4, 0.5) is 10.2 Å². The first kappa shape index (κ1) is 17.7. The van der Waals surface area contributed by atoms with Crippen LogP contribution in [0.3, 0.4) is 0 Å². The van der Waals surface area contributed by atoms with Crippen molar-refractivity contribution >= 4 is 17.4 Å². The number of amidine groups is 1. The van der Waals surface area contributed by atoms with Crippen molar-refractivity contribution in [1.29, 1.82) is 0 Å². The lowest BCUT2D eigenvalue weighted by molar-refractivity contribution is 0.171. The summed E-state index contributed by atoms with van der Waals surface area (Å²) >= 11 is 0. The highest BCUT2D eigenvalue weighted by atomic mass is 19.1. The van der Waals surface area contributed by atoms with Crippen LogP contribution in [0.2, 0.25) is 0 Å². The van der Waals surface area contributed by atoms with Gasteiger partial charge >= 0.3 is 0 Å². The van der Waals surface area contributed by atoms with Gasteiger partial charge in [0.25, 0.3) is 0 Å². The molecule has 3 aromatic rings. The van der Waals surface area contributed by atoms with Crippen LogP contribution in [-0.4, -0.2) is 44.8 Å². The van der Waals surface area contributed by atoms with Gasteiger partial charge in [0.15, 0.2) is 17.8 Å². The molecule has 1 unspecified atom stereocenters. The van der Waals surface area contributed by atoms with E-state index in [1.54, 1.807) is 12.1 Å². The third-order valence-electron chi connectivity index (χ3n) is 4.42. The van der Waals surface area contributed by atoms with E-state index in [0.29, 0.717) is 22.9 Å². The predicted molar refractivity (Wildman–Crippen MR) is 104 cm³/mol. The van der Waals surface area contributed by atoms with Crippen LogP contribution in [0, 0.1) is 12.7 Å². The summed E-state index contributed by atoms with van der Waals surface area (Å²) in [5.41, 5.74) is 4.63. The highest BCUT2D eigenvalue weighted by Crippen LogP contribution is 2.20. The number of aryl methyl sites for hydroxylation is 1. The van der Waals surface area contributed by atoms with Crippen molar-refractivity contribution in [1.82, 2.24) is 20.5 Å². The Labute approximate surface area is 160 Å². The standard InChI is InChI=1S/C18H19FN8O/c1-11-10-15(23-22-11)20-17-14-4-3-9-27(14)26(2)18(21-17)16(24-25-28)12-5-7-13(19)8-6-12/h3-10,18,25,28H,1-2H3,(H2,20,21,22,23)/b24-16+. The molecule has 28 heavy (non-hydrogen) atoms. The summed E-state index contributed by atoms with van der Waals surface area (Å²) in [7, 11) is 1.85. The third-order valence-corrected chi connectivity index (χ3v) is 4.42. The van der Waals surface area contributed by atoms with Crippen LogP contribution >= 0.6 is 0 Å². The summed E-state index contributed by atoms with van der Waals surface area (Å²) in [5, 5.41) is 25.4. The van der Waals surface area contributed by atoms with Gasteiger partial charge in [-0.2, -0.15) is 15.8 Å². The number of nitrogens with one attached hydrogen (secondary N) is 3. The number of rotatable bonds is 4. The molecule has 2 aromatic heterocycles. The number of aliphatic imine (C=N–C) groups is 1. The Morgan fingerprint density at radius 3 is 2.75 bits per heavy atom. The molecule has 9 nitrogen and oxygen atoms in total. The second-order valence-corrected chi connectivity index (χ2v) is 6.33. The molecule has 0 bridgehead atoms. The smallest absolute Gasteiger partial charge is 0.182 e. The zero-order valence-corrected chi connectivity index (χ0v) is 15.3. The maximum atomic E-state index is 13.3. The van der Waals surface area contributed by atoms with Crippen LogP contribution in [0.1, 0.15) is 17.0 Å². The molecule has 0 fully saturated rings. The van der Waals surface area contributed by atoms with Crippen molar-refractivity contribution in [3.63, 3.8) is 0 Å². The number of aromatic nitrogens is 3. The predicted octanol–water partition coefficient (Wildman–Crippen LogP) is 1.81. The largest absolute Gasteiger partial charge is 0.322 e. The Morgan fingerprint density at radius 1 is 1.29 bits per heavy atom.